The molecule has 0 unspecified atom stereocenters. The Morgan fingerprint density at radius 2 is 1.95 bits per heavy atom. The van der Waals surface area contributed by atoms with Crippen molar-refractivity contribution in [2.75, 3.05) is 33.4 Å². The second-order valence-electron chi connectivity index (χ2n) is 12.2. The number of fused-ring (bicyclic) bond motifs is 2. The summed E-state index contributed by atoms with van der Waals surface area (Å²) in [6.07, 6.45) is 3.27. The molecule has 3 aromatic carbocycles. The van der Waals surface area contributed by atoms with Gasteiger partial charge in [0, 0.05) is 28.3 Å². The fourth-order valence-corrected chi connectivity index (χ4v) is 6.80. The number of hydrogen-bond donors (Lipinski definition) is 0. The lowest BCUT2D eigenvalue weighted by Gasteiger charge is -2.38. The quantitative estimate of drug-likeness (QED) is 0.193. The summed E-state index contributed by atoms with van der Waals surface area (Å²) < 4.78 is 41.1. The van der Waals surface area contributed by atoms with Gasteiger partial charge >= 0.3 is 0 Å². The Morgan fingerprint density at radius 1 is 1.14 bits per heavy atom. The first kappa shape index (κ1) is 29.1. The molecule has 0 amide bonds. The minimum absolute atomic E-state index is 0.217. The maximum absolute atomic E-state index is 14.8. The van der Waals surface area contributed by atoms with Crippen LogP contribution in [0.1, 0.15) is 54.6 Å². The molecule has 4 heterocycles. The van der Waals surface area contributed by atoms with Crippen molar-refractivity contribution in [3.8, 4) is 11.5 Å². The monoisotopic (exact) mass is 617 g/mol. The van der Waals surface area contributed by atoms with Crippen molar-refractivity contribution >= 4 is 28.4 Å². The zero-order valence-electron chi connectivity index (χ0n) is 25.2. The highest BCUT2D eigenvalue weighted by atomic mass is 35.5. The summed E-state index contributed by atoms with van der Waals surface area (Å²) in [5.41, 5.74) is 3.65. The van der Waals surface area contributed by atoms with E-state index in [0.717, 1.165) is 85.8 Å². The number of aromatic nitrogens is 2. The van der Waals surface area contributed by atoms with E-state index in [1.54, 1.807) is 19.2 Å². The highest BCUT2D eigenvalue weighted by molar-refractivity contribution is 6.30. The van der Waals surface area contributed by atoms with Gasteiger partial charge in [-0.2, -0.15) is 0 Å². The summed E-state index contributed by atoms with van der Waals surface area (Å²) in [6, 6.07) is 16.9. The molecule has 3 aliphatic rings. The molecule has 2 fully saturated rings. The molecule has 0 N–H and O–H groups in total. The van der Waals surface area contributed by atoms with Crippen LogP contribution in [0.15, 0.2) is 61.2 Å². The summed E-state index contributed by atoms with van der Waals surface area (Å²) in [5, 5.41) is 0.354. The van der Waals surface area contributed by atoms with Crippen LogP contribution < -0.4 is 9.47 Å². The molecule has 2 saturated heterocycles. The predicted molar refractivity (Wildman–Crippen MR) is 169 cm³/mol. The second-order valence-corrected chi connectivity index (χ2v) is 12.7. The van der Waals surface area contributed by atoms with E-state index in [2.05, 4.69) is 34.2 Å². The molecule has 0 saturated carbocycles. The van der Waals surface area contributed by atoms with Gasteiger partial charge in [0.2, 0.25) is 0 Å². The van der Waals surface area contributed by atoms with Crippen molar-refractivity contribution in [3.63, 3.8) is 0 Å². The van der Waals surface area contributed by atoms with Crippen LogP contribution in [0.3, 0.4) is 0 Å². The Bertz CT molecular complexity index is 1710. The minimum atomic E-state index is -0.947. The Hall–Kier alpha value is -3.59. The first-order valence-electron chi connectivity index (χ1n) is 15.3. The van der Waals surface area contributed by atoms with Gasteiger partial charge in [0.15, 0.2) is 17.1 Å². The summed E-state index contributed by atoms with van der Waals surface area (Å²) in [5.74, 6) is 3.06. The molecule has 7 nitrogen and oxygen atoms in total. The SMILES string of the molecule is C=C(OC)c1ccc2nc(CN3CCC(c4cccc5c4OC[C@@](C)(c4ccc(Cl)cc4F)O5)CC3)n(C[C@@H]3CCO3)c2c1. The number of para-hydroxylation sites is 1. The third-order valence-electron chi connectivity index (χ3n) is 9.31. The van der Waals surface area contributed by atoms with Crippen molar-refractivity contribution in [3.05, 3.63) is 94.5 Å². The Labute approximate surface area is 262 Å². The number of piperidine rings is 1. The highest BCUT2D eigenvalue weighted by Gasteiger charge is 2.39. The molecule has 1 aromatic heterocycles. The molecule has 0 bridgehead atoms. The Kier molecular flexibility index (Phi) is 7.77. The molecule has 0 aliphatic carbocycles. The molecule has 2 atom stereocenters. The Morgan fingerprint density at radius 3 is 2.68 bits per heavy atom. The molecular formula is C35H37ClFN3O4. The number of imidazole rings is 1. The summed E-state index contributed by atoms with van der Waals surface area (Å²) in [6.45, 7) is 10.4. The van der Waals surface area contributed by atoms with Crippen LogP contribution in [-0.2, 0) is 28.2 Å². The Balaban J connectivity index is 1.07. The molecule has 4 aromatic rings. The number of nitrogens with zero attached hydrogens (tertiary/aromatic N) is 3. The van der Waals surface area contributed by atoms with Gasteiger partial charge in [0.05, 0.1) is 37.3 Å². The van der Waals surface area contributed by atoms with Crippen molar-refractivity contribution < 1.29 is 23.3 Å². The number of hydrogen-bond acceptors (Lipinski definition) is 6. The number of likely N-dealkylation sites (tertiary alicyclic amines) is 1. The van der Waals surface area contributed by atoms with E-state index in [1.165, 1.54) is 6.07 Å². The largest absolute Gasteiger partial charge is 0.497 e. The molecule has 0 spiro atoms. The molecule has 7 rings (SSSR count). The number of ether oxygens (including phenoxy) is 4. The highest BCUT2D eigenvalue weighted by Crippen LogP contribution is 2.46. The molecule has 3 aliphatic heterocycles. The van der Waals surface area contributed by atoms with Crippen LogP contribution in [-0.4, -0.2) is 54.0 Å². The van der Waals surface area contributed by atoms with E-state index in [-0.39, 0.29) is 12.7 Å². The second kappa shape index (κ2) is 11.7. The normalized spacial score (nSPS) is 22.1. The number of benzene rings is 3. The predicted octanol–water partition coefficient (Wildman–Crippen LogP) is 7.30. The smallest absolute Gasteiger partial charge is 0.168 e. The van der Waals surface area contributed by atoms with Gasteiger partial charge in [-0.3, -0.25) is 4.90 Å². The van der Waals surface area contributed by atoms with E-state index >= 15 is 0 Å². The van der Waals surface area contributed by atoms with Gasteiger partial charge in [0.25, 0.3) is 0 Å². The van der Waals surface area contributed by atoms with Crippen molar-refractivity contribution in [2.45, 2.75) is 56.9 Å². The number of halogens is 2. The fourth-order valence-electron chi connectivity index (χ4n) is 6.64. The third kappa shape index (κ3) is 5.44. The van der Waals surface area contributed by atoms with Gasteiger partial charge < -0.3 is 23.5 Å². The molecular weight excluding hydrogens is 581 g/mol. The minimum Gasteiger partial charge on any atom is -0.497 e. The van der Waals surface area contributed by atoms with E-state index in [4.69, 9.17) is 35.5 Å². The van der Waals surface area contributed by atoms with E-state index in [9.17, 15) is 4.39 Å². The molecule has 230 valence electrons. The van der Waals surface area contributed by atoms with Crippen LogP contribution in [0, 0.1) is 5.82 Å². The van der Waals surface area contributed by atoms with Crippen LogP contribution in [0.4, 0.5) is 4.39 Å². The van der Waals surface area contributed by atoms with Gasteiger partial charge in [-0.1, -0.05) is 36.4 Å². The van der Waals surface area contributed by atoms with Crippen molar-refractivity contribution in [2.24, 2.45) is 0 Å². The van der Waals surface area contributed by atoms with Crippen LogP contribution in [0.2, 0.25) is 5.02 Å². The molecule has 9 heteroatoms. The van der Waals surface area contributed by atoms with Crippen LogP contribution >= 0.6 is 11.6 Å². The lowest BCUT2D eigenvalue weighted by atomic mass is 9.87. The van der Waals surface area contributed by atoms with Gasteiger partial charge in [-0.15, -0.1) is 0 Å². The zero-order chi connectivity index (χ0) is 30.4. The van der Waals surface area contributed by atoms with Gasteiger partial charge in [-0.25, -0.2) is 9.37 Å². The van der Waals surface area contributed by atoms with Gasteiger partial charge in [-0.05, 0) is 81.6 Å². The van der Waals surface area contributed by atoms with E-state index in [0.29, 0.717) is 28.0 Å². The average Bonchev–Trinajstić information content (AvgIpc) is 3.34. The standard InChI is InChI=1S/C35H37ClFN3O4/c1-22(41-3)24-7-10-30-31(17-24)40(19-26-13-16-42-26)33(38-30)20-39-14-11-23(12-15-39)27-5-4-6-32-34(27)43-21-35(2,44-32)28-9-8-25(36)18-29(28)37/h4-10,17-18,23,26H,1,11-16,19-21H2,2-3H3/t26-,35-/m0/s1. The van der Waals surface area contributed by atoms with Crippen molar-refractivity contribution in [1.29, 1.82) is 0 Å². The third-order valence-corrected chi connectivity index (χ3v) is 9.54. The van der Waals surface area contributed by atoms with Crippen LogP contribution in [0.5, 0.6) is 11.5 Å². The lowest BCUT2D eigenvalue weighted by molar-refractivity contribution is -0.0592. The van der Waals surface area contributed by atoms with Crippen LogP contribution in [0.25, 0.3) is 16.8 Å². The summed E-state index contributed by atoms with van der Waals surface area (Å²) in [4.78, 5) is 7.54. The maximum Gasteiger partial charge on any atom is 0.168 e. The fraction of sp³-hybridized carbons (Fsp3) is 0.400. The molecule has 44 heavy (non-hydrogen) atoms. The first-order valence-corrected chi connectivity index (χ1v) is 15.7. The summed E-state index contributed by atoms with van der Waals surface area (Å²) >= 11 is 5.99. The van der Waals surface area contributed by atoms with E-state index in [1.807, 2.05) is 25.1 Å². The lowest BCUT2D eigenvalue weighted by Crippen LogP contribution is -2.40. The van der Waals surface area contributed by atoms with Crippen molar-refractivity contribution in [1.82, 2.24) is 14.5 Å². The van der Waals surface area contributed by atoms with E-state index < -0.39 is 11.4 Å². The number of rotatable bonds is 8. The first-order chi connectivity index (χ1) is 21.3. The topological polar surface area (TPSA) is 58.0 Å². The maximum atomic E-state index is 14.8. The average molecular weight is 618 g/mol. The number of methoxy groups -OCH3 is 1. The summed E-state index contributed by atoms with van der Waals surface area (Å²) in [7, 11) is 1.64. The van der Waals surface area contributed by atoms with Gasteiger partial charge in [0.1, 0.15) is 24.0 Å². The zero-order valence-corrected chi connectivity index (χ0v) is 25.9. The molecule has 0 radical (unpaired) electrons.